The largest absolute Gasteiger partial charge is 0.496 e. The van der Waals surface area contributed by atoms with Crippen LogP contribution in [0, 0.1) is 6.92 Å². The van der Waals surface area contributed by atoms with Gasteiger partial charge in [-0.2, -0.15) is 4.98 Å². The molecule has 0 spiro atoms. The Balaban J connectivity index is 2.37. The second-order valence-electron chi connectivity index (χ2n) is 6.99. The van der Waals surface area contributed by atoms with E-state index in [1.165, 1.54) is 0 Å². The number of hydrogen-bond donors (Lipinski definition) is 4. The number of anilines is 2. The molecule has 7 heteroatoms. The number of aliphatic hydroxyl groups is 1. The van der Waals surface area contributed by atoms with Crippen molar-refractivity contribution in [2.24, 2.45) is 0 Å². The summed E-state index contributed by atoms with van der Waals surface area (Å²) in [6, 6.07) is 6.38. The zero-order valence-corrected chi connectivity index (χ0v) is 17.4. The summed E-state index contributed by atoms with van der Waals surface area (Å²) >= 11 is 0. The minimum absolute atomic E-state index is 0.132. The van der Waals surface area contributed by atoms with Crippen molar-refractivity contribution in [3.63, 3.8) is 0 Å². The molecule has 0 saturated carbocycles. The van der Waals surface area contributed by atoms with Gasteiger partial charge in [0.2, 0.25) is 5.95 Å². The number of benzene rings is 1. The molecule has 0 aliphatic carbocycles. The fourth-order valence-electron chi connectivity index (χ4n) is 3.37. The minimum atomic E-state index is 0.132. The summed E-state index contributed by atoms with van der Waals surface area (Å²) < 4.78 is 5.62. The maximum atomic E-state index is 9.37. The van der Waals surface area contributed by atoms with Crippen molar-refractivity contribution in [3.8, 4) is 5.75 Å². The lowest BCUT2D eigenvalue weighted by molar-refractivity contribution is 0.276. The van der Waals surface area contributed by atoms with Crippen molar-refractivity contribution in [1.82, 2.24) is 15.3 Å². The van der Waals surface area contributed by atoms with Gasteiger partial charge in [-0.05, 0) is 44.0 Å². The third kappa shape index (κ3) is 5.81. The molecule has 0 radical (unpaired) electrons. The SMILES string of the molecule is CCCC(CCO)Nc1nc(N)nc(C)c1Cc1ccc(CNC)cc1OC. The quantitative estimate of drug-likeness (QED) is 0.470. The molecule has 1 heterocycles. The number of ether oxygens (including phenoxy) is 1. The molecule has 0 amide bonds. The average molecular weight is 388 g/mol. The molecule has 1 aromatic carbocycles. The lowest BCUT2D eigenvalue weighted by Gasteiger charge is -2.21. The first-order chi connectivity index (χ1) is 13.5. The maximum Gasteiger partial charge on any atom is 0.222 e. The summed E-state index contributed by atoms with van der Waals surface area (Å²) in [5.74, 6) is 1.83. The van der Waals surface area contributed by atoms with Gasteiger partial charge in [0.25, 0.3) is 0 Å². The van der Waals surface area contributed by atoms with Crippen LogP contribution in [0.5, 0.6) is 5.75 Å². The van der Waals surface area contributed by atoms with Gasteiger partial charge in [-0.25, -0.2) is 4.98 Å². The van der Waals surface area contributed by atoms with Crippen molar-refractivity contribution in [2.45, 2.75) is 52.1 Å². The zero-order valence-electron chi connectivity index (χ0n) is 17.4. The van der Waals surface area contributed by atoms with Gasteiger partial charge in [-0.1, -0.05) is 25.5 Å². The number of nitrogens with one attached hydrogen (secondary N) is 2. The van der Waals surface area contributed by atoms with E-state index in [1.54, 1.807) is 7.11 Å². The highest BCUT2D eigenvalue weighted by Crippen LogP contribution is 2.28. The third-order valence-electron chi connectivity index (χ3n) is 4.79. The van der Waals surface area contributed by atoms with E-state index in [-0.39, 0.29) is 18.6 Å². The number of aryl methyl sites for hydroxylation is 1. The van der Waals surface area contributed by atoms with Crippen LogP contribution < -0.4 is 21.1 Å². The van der Waals surface area contributed by atoms with Gasteiger partial charge >= 0.3 is 0 Å². The second kappa shape index (κ2) is 10.8. The first-order valence-corrected chi connectivity index (χ1v) is 9.83. The van der Waals surface area contributed by atoms with Crippen LogP contribution in [0.3, 0.4) is 0 Å². The molecule has 2 aromatic rings. The predicted octanol–water partition coefficient (Wildman–Crippen LogP) is 2.65. The van der Waals surface area contributed by atoms with Crippen LogP contribution in [0.1, 0.15) is 48.6 Å². The van der Waals surface area contributed by atoms with Gasteiger partial charge < -0.3 is 26.2 Å². The van der Waals surface area contributed by atoms with Crippen molar-refractivity contribution in [3.05, 3.63) is 40.6 Å². The molecular formula is C21H33N5O2. The highest BCUT2D eigenvalue weighted by Gasteiger charge is 2.17. The highest BCUT2D eigenvalue weighted by molar-refractivity contribution is 5.53. The van der Waals surface area contributed by atoms with Crippen molar-refractivity contribution >= 4 is 11.8 Å². The van der Waals surface area contributed by atoms with Crippen LogP contribution in [-0.2, 0) is 13.0 Å². The molecule has 0 aliphatic rings. The van der Waals surface area contributed by atoms with E-state index in [2.05, 4.69) is 45.7 Å². The summed E-state index contributed by atoms with van der Waals surface area (Å²) in [7, 11) is 3.61. The van der Waals surface area contributed by atoms with E-state index in [1.807, 2.05) is 14.0 Å². The number of nitrogens with two attached hydrogens (primary N) is 1. The lowest BCUT2D eigenvalue weighted by atomic mass is 10.0. The molecule has 1 atom stereocenters. The standard InChI is InChI=1S/C21H33N5O2/c1-5-6-17(9-10-27)25-20-18(14(2)24-21(22)26-20)12-16-8-7-15(13-23-3)11-19(16)28-4/h7-8,11,17,23,27H,5-6,9-10,12-13H2,1-4H3,(H3,22,24,25,26). The first kappa shape index (κ1) is 21.9. The van der Waals surface area contributed by atoms with Crippen molar-refractivity contribution in [2.75, 3.05) is 31.8 Å². The number of aromatic nitrogens is 2. The number of nitrogens with zero attached hydrogens (tertiary/aromatic N) is 2. The molecule has 0 bridgehead atoms. The lowest BCUT2D eigenvalue weighted by Crippen LogP contribution is -2.23. The highest BCUT2D eigenvalue weighted by atomic mass is 16.5. The van der Waals surface area contributed by atoms with Gasteiger partial charge in [-0.15, -0.1) is 0 Å². The fraction of sp³-hybridized carbons (Fsp3) is 0.524. The summed E-state index contributed by atoms with van der Waals surface area (Å²) in [5.41, 5.74) is 9.98. The van der Waals surface area contributed by atoms with E-state index in [0.717, 1.165) is 53.3 Å². The Labute approximate surface area is 167 Å². The Hall–Kier alpha value is -2.38. The van der Waals surface area contributed by atoms with Crippen LogP contribution in [0.2, 0.25) is 0 Å². The van der Waals surface area contributed by atoms with Gasteiger partial charge in [0, 0.05) is 36.9 Å². The van der Waals surface area contributed by atoms with Gasteiger partial charge in [0.1, 0.15) is 11.6 Å². The second-order valence-corrected chi connectivity index (χ2v) is 6.99. The monoisotopic (exact) mass is 387 g/mol. The van der Waals surface area contributed by atoms with E-state index in [0.29, 0.717) is 12.8 Å². The molecule has 28 heavy (non-hydrogen) atoms. The number of methoxy groups -OCH3 is 1. The first-order valence-electron chi connectivity index (χ1n) is 9.83. The normalized spacial score (nSPS) is 12.0. The summed E-state index contributed by atoms with van der Waals surface area (Å²) in [6.45, 7) is 4.99. The average Bonchev–Trinajstić information content (AvgIpc) is 2.66. The van der Waals surface area contributed by atoms with Crippen molar-refractivity contribution in [1.29, 1.82) is 0 Å². The summed E-state index contributed by atoms with van der Waals surface area (Å²) in [5, 5.41) is 16.0. The molecule has 0 fully saturated rings. The molecule has 5 N–H and O–H groups in total. The van der Waals surface area contributed by atoms with E-state index < -0.39 is 0 Å². The van der Waals surface area contributed by atoms with E-state index in [4.69, 9.17) is 10.5 Å². The minimum Gasteiger partial charge on any atom is -0.496 e. The summed E-state index contributed by atoms with van der Waals surface area (Å²) in [6.07, 6.45) is 3.27. The van der Waals surface area contributed by atoms with Gasteiger partial charge in [-0.3, -0.25) is 0 Å². The topological polar surface area (TPSA) is 105 Å². The number of aliphatic hydroxyl groups excluding tert-OH is 1. The Bertz CT molecular complexity index is 761. The zero-order chi connectivity index (χ0) is 20.5. The molecule has 0 saturated heterocycles. The van der Waals surface area contributed by atoms with Crippen LogP contribution in [0.25, 0.3) is 0 Å². The third-order valence-corrected chi connectivity index (χ3v) is 4.79. The molecule has 154 valence electrons. The Kier molecular flexibility index (Phi) is 8.47. The number of nitrogen functional groups attached to an aromatic ring is 1. The Morgan fingerprint density at radius 3 is 2.68 bits per heavy atom. The van der Waals surface area contributed by atoms with Crippen molar-refractivity contribution < 1.29 is 9.84 Å². The molecule has 1 unspecified atom stereocenters. The smallest absolute Gasteiger partial charge is 0.222 e. The summed E-state index contributed by atoms with van der Waals surface area (Å²) in [4.78, 5) is 8.82. The van der Waals surface area contributed by atoms with Gasteiger partial charge in [0.15, 0.2) is 0 Å². The molecule has 2 rings (SSSR count). The fourth-order valence-corrected chi connectivity index (χ4v) is 3.37. The molecule has 1 aromatic heterocycles. The molecule has 7 nitrogen and oxygen atoms in total. The maximum absolute atomic E-state index is 9.37. The van der Waals surface area contributed by atoms with E-state index >= 15 is 0 Å². The molecular weight excluding hydrogens is 354 g/mol. The number of hydrogen-bond acceptors (Lipinski definition) is 7. The predicted molar refractivity (Wildman–Crippen MR) is 114 cm³/mol. The number of rotatable bonds is 11. The van der Waals surface area contributed by atoms with Crippen LogP contribution in [0.4, 0.5) is 11.8 Å². The van der Waals surface area contributed by atoms with Crippen LogP contribution >= 0.6 is 0 Å². The van der Waals surface area contributed by atoms with Gasteiger partial charge in [0.05, 0.1) is 7.11 Å². The van der Waals surface area contributed by atoms with E-state index in [9.17, 15) is 5.11 Å². The Morgan fingerprint density at radius 2 is 2.04 bits per heavy atom. The van der Waals surface area contributed by atoms with Crippen LogP contribution in [-0.4, -0.2) is 41.9 Å². The molecule has 0 aliphatic heterocycles. The Morgan fingerprint density at radius 1 is 1.25 bits per heavy atom. The van der Waals surface area contributed by atoms with Crippen LogP contribution in [0.15, 0.2) is 18.2 Å².